The Balaban J connectivity index is 2.31. The van der Waals surface area contributed by atoms with Gasteiger partial charge in [0.1, 0.15) is 5.78 Å². The van der Waals surface area contributed by atoms with Gasteiger partial charge in [-0.3, -0.25) is 9.59 Å². The van der Waals surface area contributed by atoms with Gasteiger partial charge in [-0.05, 0) is 6.92 Å². The molecule has 0 aliphatic carbocycles. The summed E-state index contributed by atoms with van der Waals surface area (Å²) in [6, 6.07) is 0. The monoisotopic (exact) mass is 160 g/mol. The zero-order valence-electron chi connectivity index (χ0n) is 5.62. The molecule has 1 heterocycles. The molecule has 0 unspecified atom stereocenters. The van der Waals surface area contributed by atoms with E-state index in [1.807, 2.05) is 0 Å². The minimum absolute atomic E-state index is 0.0622. The third-order valence-corrected chi connectivity index (χ3v) is 2.14. The van der Waals surface area contributed by atoms with E-state index in [1.54, 1.807) is 0 Å². The van der Waals surface area contributed by atoms with Crippen molar-refractivity contribution < 1.29 is 14.3 Å². The highest BCUT2D eigenvalue weighted by Gasteiger charge is 2.24. The van der Waals surface area contributed by atoms with E-state index in [-0.39, 0.29) is 17.2 Å². The van der Waals surface area contributed by atoms with Crippen LogP contribution in [0, 0.1) is 0 Å². The molecule has 0 saturated carbocycles. The summed E-state index contributed by atoms with van der Waals surface area (Å²) in [4.78, 5) is 21.0. The van der Waals surface area contributed by atoms with Crippen LogP contribution in [0.1, 0.15) is 13.3 Å². The van der Waals surface area contributed by atoms with Gasteiger partial charge in [0, 0.05) is 0 Å². The molecule has 0 bridgehead atoms. The lowest BCUT2D eigenvalue weighted by Gasteiger charge is -2.03. The Labute approximate surface area is 63.1 Å². The summed E-state index contributed by atoms with van der Waals surface area (Å²) in [5.74, 6) is 0.237. The molecule has 0 radical (unpaired) electrons. The number of ketones is 1. The minimum Gasteiger partial charge on any atom is -0.450 e. The average Bonchev–Trinajstić information content (AvgIpc) is 2.13. The van der Waals surface area contributed by atoms with E-state index in [0.29, 0.717) is 12.2 Å². The molecule has 56 valence electrons. The third kappa shape index (κ3) is 2.02. The topological polar surface area (TPSA) is 43.4 Å². The van der Waals surface area contributed by atoms with Crippen LogP contribution >= 0.6 is 11.8 Å². The van der Waals surface area contributed by atoms with Gasteiger partial charge < -0.3 is 4.74 Å². The van der Waals surface area contributed by atoms with Crippen LogP contribution in [0.25, 0.3) is 0 Å². The Kier molecular flexibility index (Phi) is 2.32. The molecule has 1 fully saturated rings. The number of cyclic esters (lactones) is 1. The van der Waals surface area contributed by atoms with E-state index >= 15 is 0 Å². The van der Waals surface area contributed by atoms with Gasteiger partial charge in [0.2, 0.25) is 0 Å². The Bertz CT molecular complexity index is 166. The summed E-state index contributed by atoms with van der Waals surface area (Å²) in [6.07, 6.45) is 0.344. The number of carbonyl (C=O) groups is 2. The number of esters is 1. The van der Waals surface area contributed by atoms with Crippen LogP contribution in [-0.4, -0.2) is 22.9 Å². The number of ether oxygens (including phenoxy) is 1. The second-order valence-corrected chi connectivity index (χ2v) is 3.28. The van der Waals surface area contributed by atoms with Crippen molar-refractivity contribution in [2.24, 2.45) is 0 Å². The van der Waals surface area contributed by atoms with E-state index in [0.717, 1.165) is 0 Å². The second-order valence-electron chi connectivity index (χ2n) is 2.14. The maximum absolute atomic E-state index is 10.5. The van der Waals surface area contributed by atoms with E-state index in [1.165, 1.54) is 18.7 Å². The Morgan fingerprint density at radius 1 is 1.90 bits per heavy atom. The number of hydrogen-bond donors (Lipinski definition) is 0. The van der Waals surface area contributed by atoms with Crippen molar-refractivity contribution in [2.45, 2.75) is 18.8 Å². The SMILES string of the molecule is CC(=O)C[C@@H]1OC(=O)CS1. The number of hydrogen-bond acceptors (Lipinski definition) is 4. The van der Waals surface area contributed by atoms with E-state index in [9.17, 15) is 9.59 Å². The minimum atomic E-state index is -0.218. The van der Waals surface area contributed by atoms with E-state index in [4.69, 9.17) is 4.74 Å². The van der Waals surface area contributed by atoms with Crippen molar-refractivity contribution in [3.05, 3.63) is 0 Å². The van der Waals surface area contributed by atoms with Crippen molar-refractivity contribution in [1.82, 2.24) is 0 Å². The first-order chi connectivity index (χ1) is 4.68. The van der Waals surface area contributed by atoms with Gasteiger partial charge in [-0.25, -0.2) is 0 Å². The molecule has 1 aliphatic heterocycles. The average molecular weight is 160 g/mol. The molecular weight excluding hydrogens is 152 g/mol. The molecule has 3 nitrogen and oxygen atoms in total. The van der Waals surface area contributed by atoms with Gasteiger partial charge >= 0.3 is 5.97 Å². The molecule has 1 atom stereocenters. The van der Waals surface area contributed by atoms with Gasteiger partial charge in [0.05, 0.1) is 12.2 Å². The van der Waals surface area contributed by atoms with Crippen molar-refractivity contribution in [3.63, 3.8) is 0 Å². The van der Waals surface area contributed by atoms with Crippen LogP contribution < -0.4 is 0 Å². The summed E-state index contributed by atoms with van der Waals surface area (Å²) in [5.41, 5.74) is -0.218. The smallest absolute Gasteiger partial charge is 0.317 e. The van der Waals surface area contributed by atoms with Crippen molar-refractivity contribution in [3.8, 4) is 0 Å². The lowest BCUT2D eigenvalue weighted by molar-refractivity contribution is -0.140. The van der Waals surface area contributed by atoms with Crippen molar-refractivity contribution >= 4 is 23.5 Å². The second kappa shape index (κ2) is 3.05. The molecule has 0 aromatic heterocycles. The largest absolute Gasteiger partial charge is 0.450 e. The predicted molar refractivity (Wildman–Crippen MR) is 37.6 cm³/mol. The van der Waals surface area contributed by atoms with Crippen LogP contribution in [0.5, 0.6) is 0 Å². The Morgan fingerprint density at radius 3 is 3.00 bits per heavy atom. The molecule has 1 rings (SSSR count). The maximum Gasteiger partial charge on any atom is 0.317 e. The number of rotatable bonds is 2. The fraction of sp³-hybridized carbons (Fsp3) is 0.667. The van der Waals surface area contributed by atoms with Gasteiger partial charge in [-0.15, -0.1) is 11.8 Å². The summed E-state index contributed by atoms with van der Waals surface area (Å²) in [5, 5.41) is 0. The summed E-state index contributed by atoms with van der Waals surface area (Å²) in [6.45, 7) is 1.49. The zero-order valence-corrected chi connectivity index (χ0v) is 6.44. The molecule has 0 amide bonds. The molecule has 1 aliphatic rings. The highest BCUT2D eigenvalue weighted by Crippen LogP contribution is 2.23. The van der Waals surface area contributed by atoms with Crippen molar-refractivity contribution in [2.75, 3.05) is 5.75 Å². The Morgan fingerprint density at radius 2 is 2.60 bits per heavy atom. The van der Waals surface area contributed by atoms with Crippen LogP contribution in [0.15, 0.2) is 0 Å². The van der Waals surface area contributed by atoms with Crippen LogP contribution in [0.2, 0.25) is 0 Å². The standard InChI is InChI=1S/C6H8O3S/c1-4(7)2-6-9-5(8)3-10-6/h6H,2-3H2,1H3/t6-/m1/s1. The van der Waals surface area contributed by atoms with Gasteiger partial charge in [0.25, 0.3) is 0 Å². The first kappa shape index (κ1) is 7.60. The van der Waals surface area contributed by atoms with Gasteiger partial charge in [0.15, 0.2) is 5.44 Å². The lowest BCUT2D eigenvalue weighted by atomic mass is 10.3. The quantitative estimate of drug-likeness (QED) is 0.554. The Hall–Kier alpha value is -0.510. The first-order valence-electron chi connectivity index (χ1n) is 2.99. The predicted octanol–water partition coefficient (Wildman–Crippen LogP) is 0.582. The summed E-state index contributed by atoms with van der Waals surface area (Å²) in [7, 11) is 0. The highest BCUT2D eigenvalue weighted by molar-refractivity contribution is 8.00. The molecule has 4 heteroatoms. The van der Waals surface area contributed by atoms with E-state index in [2.05, 4.69) is 0 Å². The molecule has 0 spiro atoms. The molecule has 0 N–H and O–H groups in total. The molecular formula is C6H8O3S. The van der Waals surface area contributed by atoms with Crippen LogP contribution in [0.4, 0.5) is 0 Å². The summed E-state index contributed by atoms with van der Waals surface area (Å²) >= 11 is 1.39. The van der Waals surface area contributed by atoms with Crippen molar-refractivity contribution in [1.29, 1.82) is 0 Å². The summed E-state index contributed by atoms with van der Waals surface area (Å²) < 4.78 is 4.78. The molecule has 0 aromatic rings. The van der Waals surface area contributed by atoms with Gasteiger partial charge in [-0.1, -0.05) is 0 Å². The maximum atomic E-state index is 10.5. The zero-order chi connectivity index (χ0) is 7.56. The fourth-order valence-corrected chi connectivity index (χ4v) is 1.63. The fourth-order valence-electron chi connectivity index (χ4n) is 0.711. The lowest BCUT2D eigenvalue weighted by Crippen LogP contribution is -2.08. The third-order valence-electron chi connectivity index (χ3n) is 1.10. The molecule has 0 aromatic carbocycles. The highest BCUT2D eigenvalue weighted by atomic mass is 32.2. The van der Waals surface area contributed by atoms with Crippen LogP contribution in [0.3, 0.4) is 0 Å². The molecule has 10 heavy (non-hydrogen) atoms. The molecule has 1 saturated heterocycles. The number of carbonyl (C=O) groups excluding carboxylic acids is 2. The number of Topliss-reactive ketones (excluding diaryl/α,β-unsaturated/α-hetero) is 1. The first-order valence-corrected chi connectivity index (χ1v) is 4.04. The van der Waals surface area contributed by atoms with Crippen LogP contribution in [-0.2, 0) is 14.3 Å². The van der Waals surface area contributed by atoms with E-state index < -0.39 is 0 Å². The number of thioether (sulfide) groups is 1. The normalized spacial score (nSPS) is 24.5. The van der Waals surface area contributed by atoms with Gasteiger partial charge in [-0.2, -0.15) is 0 Å².